The number of likely N-dealkylation sites (tertiary alicyclic amines) is 1. The molecule has 0 radical (unpaired) electrons. The van der Waals surface area contributed by atoms with Crippen molar-refractivity contribution >= 4 is 29.5 Å². The highest BCUT2D eigenvalue weighted by molar-refractivity contribution is 6.21. The van der Waals surface area contributed by atoms with Gasteiger partial charge in [0.05, 0.1) is 30.3 Å². The molecule has 4 atom stereocenters. The zero-order chi connectivity index (χ0) is 31.2. The molecule has 3 unspecified atom stereocenters. The normalized spacial score (nSPS) is 26.0. The van der Waals surface area contributed by atoms with Crippen LogP contribution in [0.5, 0.6) is 5.75 Å². The second kappa shape index (κ2) is 11.9. The highest BCUT2D eigenvalue weighted by atomic mass is 16.5. The second-order valence-corrected chi connectivity index (χ2v) is 13.1. The average Bonchev–Trinajstić information content (AvgIpc) is 3.78. The highest BCUT2D eigenvalue weighted by Crippen LogP contribution is 2.42. The van der Waals surface area contributed by atoms with Gasteiger partial charge in [0.25, 0.3) is 11.8 Å². The molecule has 0 bridgehead atoms. The Balaban J connectivity index is 1.22. The summed E-state index contributed by atoms with van der Waals surface area (Å²) < 4.78 is 6.63. The van der Waals surface area contributed by atoms with Crippen molar-refractivity contribution in [3.63, 3.8) is 0 Å². The van der Waals surface area contributed by atoms with Gasteiger partial charge in [0.2, 0.25) is 17.7 Å². The molecule has 2 saturated carbocycles. The van der Waals surface area contributed by atoms with Gasteiger partial charge in [-0.2, -0.15) is 0 Å². The Morgan fingerprint density at radius 1 is 0.844 bits per heavy atom. The lowest BCUT2D eigenvalue weighted by molar-refractivity contribution is -0.146. The number of hydrogen-bond acceptors (Lipinski definition) is 6. The number of carbonyl (C=O) groups is 5. The SMILES string of the molecule is CNC(=O)C1CCCCC1C(=O)N1CCc2cccc(OC3CCN(C(=O)C4CC4)C3)c2[C@H]1CN1C(=O)c2ccccc2C1=O. The van der Waals surface area contributed by atoms with Gasteiger partial charge in [-0.05, 0) is 55.9 Å². The van der Waals surface area contributed by atoms with Crippen molar-refractivity contribution < 1.29 is 28.7 Å². The number of ether oxygens (including phenoxy) is 1. The highest BCUT2D eigenvalue weighted by Gasteiger charge is 2.45. The van der Waals surface area contributed by atoms with E-state index in [0.29, 0.717) is 62.2 Å². The molecular formula is C35H40N4O6. The number of fused-ring (bicyclic) bond motifs is 2. The second-order valence-electron chi connectivity index (χ2n) is 13.1. The standard InChI is InChI=1S/C35H40N4O6/c1-36-31(40)24-8-2-3-9-25(24)33(42)38-18-15-21-7-6-12-29(45-23-16-17-37(19-23)32(41)22-13-14-22)30(21)28(38)20-39-34(43)26-10-4-5-11-27(26)35(39)44/h4-7,10-12,22-25,28H,2-3,8-9,13-20H2,1H3,(H,36,40)/t23?,24?,25?,28-/m1/s1. The lowest BCUT2D eigenvalue weighted by atomic mass is 9.77. The summed E-state index contributed by atoms with van der Waals surface area (Å²) in [5, 5.41) is 2.75. The van der Waals surface area contributed by atoms with Crippen molar-refractivity contribution in [3.8, 4) is 5.75 Å². The van der Waals surface area contributed by atoms with E-state index in [1.165, 1.54) is 4.90 Å². The van der Waals surface area contributed by atoms with Gasteiger partial charge in [0, 0.05) is 49.9 Å². The first-order valence-corrected chi connectivity index (χ1v) is 16.4. The van der Waals surface area contributed by atoms with Crippen LogP contribution >= 0.6 is 0 Å². The van der Waals surface area contributed by atoms with Crippen LogP contribution in [-0.2, 0) is 20.8 Å². The first kappa shape index (κ1) is 29.5. The summed E-state index contributed by atoms with van der Waals surface area (Å²) in [6.07, 6.45) is 6.04. The first-order valence-electron chi connectivity index (χ1n) is 16.4. The summed E-state index contributed by atoms with van der Waals surface area (Å²) >= 11 is 0. The largest absolute Gasteiger partial charge is 0.488 e. The fraction of sp³-hybridized carbons (Fsp3) is 0.514. The van der Waals surface area contributed by atoms with Gasteiger partial charge in [-0.15, -0.1) is 0 Å². The minimum atomic E-state index is -0.641. The van der Waals surface area contributed by atoms with Crippen LogP contribution in [0.3, 0.4) is 0 Å². The van der Waals surface area contributed by atoms with Crippen LogP contribution in [0.15, 0.2) is 42.5 Å². The van der Waals surface area contributed by atoms with E-state index in [1.807, 2.05) is 23.1 Å². The van der Waals surface area contributed by atoms with E-state index in [1.54, 1.807) is 36.2 Å². The molecule has 1 N–H and O–H groups in total. The van der Waals surface area contributed by atoms with Crippen LogP contribution in [0.2, 0.25) is 0 Å². The maximum absolute atomic E-state index is 14.5. The minimum absolute atomic E-state index is 0.0141. The van der Waals surface area contributed by atoms with Crippen molar-refractivity contribution in [2.75, 3.05) is 33.2 Å². The molecule has 7 rings (SSSR count). The summed E-state index contributed by atoms with van der Waals surface area (Å²) in [4.78, 5) is 72.1. The Morgan fingerprint density at radius 3 is 2.24 bits per heavy atom. The number of rotatable bonds is 7. The Labute approximate surface area is 263 Å². The van der Waals surface area contributed by atoms with Gasteiger partial charge in [-0.1, -0.05) is 37.1 Å². The molecule has 3 aliphatic heterocycles. The predicted molar refractivity (Wildman–Crippen MR) is 164 cm³/mol. The van der Waals surface area contributed by atoms with Crippen molar-refractivity contribution in [1.82, 2.24) is 20.0 Å². The fourth-order valence-electron chi connectivity index (χ4n) is 7.80. The van der Waals surface area contributed by atoms with Gasteiger partial charge in [-0.3, -0.25) is 28.9 Å². The predicted octanol–water partition coefficient (Wildman–Crippen LogP) is 3.35. The van der Waals surface area contributed by atoms with Crippen LogP contribution in [0.4, 0.5) is 0 Å². The van der Waals surface area contributed by atoms with Crippen LogP contribution in [0.1, 0.15) is 82.8 Å². The van der Waals surface area contributed by atoms with Gasteiger partial charge in [0.1, 0.15) is 11.9 Å². The van der Waals surface area contributed by atoms with Gasteiger partial charge < -0.3 is 19.9 Å². The van der Waals surface area contributed by atoms with E-state index in [4.69, 9.17) is 4.74 Å². The van der Waals surface area contributed by atoms with Gasteiger partial charge >= 0.3 is 0 Å². The van der Waals surface area contributed by atoms with E-state index in [2.05, 4.69) is 5.32 Å². The molecular weight excluding hydrogens is 572 g/mol. The molecule has 0 aromatic heterocycles. The third kappa shape index (κ3) is 5.38. The monoisotopic (exact) mass is 612 g/mol. The topological polar surface area (TPSA) is 116 Å². The van der Waals surface area contributed by atoms with E-state index in [9.17, 15) is 24.0 Å². The molecule has 10 nitrogen and oxygen atoms in total. The van der Waals surface area contributed by atoms with Crippen LogP contribution < -0.4 is 10.1 Å². The first-order chi connectivity index (χ1) is 21.9. The summed E-state index contributed by atoms with van der Waals surface area (Å²) in [5.74, 6) is -0.926. The molecule has 2 aromatic carbocycles. The molecule has 0 spiro atoms. The molecule has 45 heavy (non-hydrogen) atoms. The maximum Gasteiger partial charge on any atom is 0.261 e. The van der Waals surface area contributed by atoms with Gasteiger partial charge in [0.15, 0.2) is 0 Å². The Morgan fingerprint density at radius 2 is 1.56 bits per heavy atom. The van der Waals surface area contributed by atoms with E-state index in [-0.39, 0.29) is 48.1 Å². The number of carbonyl (C=O) groups excluding carboxylic acids is 5. The minimum Gasteiger partial charge on any atom is -0.488 e. The van der Waals surface area contributed by atoms with Crippen molar-refractivity contribution in [2.45, 2.75) is 63.5 Å². The molecule has 3 fully saturated rings. The number of nitrogens with zero attached hydrogens (tertiary/aromatic N) is 3. The lowest BCUT2D eigenvalue weighted by Gasteiger charge is -2.43. The molecule has 5 aliphatic rings. The molecule has 236 valence electrons. The zero-order valence-electron chi connectivity index (χ0n) is 25.7. The number of nitrogens with one attached hydrogen (secondary N) is 1. The van der Waals surface area contributed by atoms with Crippen LogP contribution in [0.25, 0.3) is 0 Å². The Kier molecular flexibility index (Phi) is 7.83. The fourth-order valence-corrected chi connectivity index (χ4v) is 7.80. The van der Waals surface area contributed by atoms with E-state index < -0.39 is 17.9 Å². The lowest BCUT2D eigenvalue weighted by Crippen LogP contribution is -2.51. The van der Waals surface area contributed by atoms with Crippen molar-refractivity contribution in [1.29, 1.82) is 0 Å². The third-order valence-electron chi connectivity index (χ3n) is 10.3. The quantitative estimate of drug-likeness (QED) is 0.480. The van der Waals surface area contributed by atoms with Crippen LogP contribution in [0, 0.1) is 17.8 Å². The van der Waals surface area contributed by atoms with E-state index in [0.717, 1.165) is 36.8 Å². The Bertz CT molecular complexity index is 1520. The molecule has 2 aromatic rings. The summed E-state index contributed by atoms with van der Waals surface area (Å²) in [6.45, 7) is 1.56. The molecule has 10 heteroatoms. The summed E-state index contributed by atoms with van der Waals surface area (Å²) in [5.41, 5.74) is 2.53. The molecule has 3 heterocycles. The summed E-state index contributed by atoms with van der Waals surface area (Å²) in [6, 6.07) is 12.0. The molecule has 5 amide bonds. The number of benzene rings is 2. The summed E-state index contributed by atoms with van der Waals surface area (Å²) in [7, 11) is 1.60. The average molecular weight is 613 g/mol. The van der Waals surface area contributed by atoms with Crippen molar-refractivity contribution in [3.05, 3.63) is 64.7 Å². The van der Waals surface area contributed by atoms with E-state index >= 15 is 0 Å². The smallest absolute Gasteiger partial charge is 0.261 e. The van der Waals surface area contributed by atoms with Crippen molar-refractivity contribution in [2.24, 2.45) is 17.8 Å². The maximum atomic E-state index is 14.5. The number of amides is 5. The van der Waals surface area contributed by atoms with Gasteiger partial charge in [-0.25, -0.2) is 0 Å². The number of imide groups is 1. The molecule has 2 aliphatic carbocycles. The third-order valence-corrected chi connectivity index (χ3v) is 10.3. The van der Waals surface area contributed by atoms with Crippen LogP contribution in [-0.4, -0.2) is 83.6 Å². The number of hydrogen-bond donors (Lipinski definition) is 1. The Hall–Kier alpha value is -4.21. The molecule has 1 saturated heterocycles. The zero-order valence-corrected chi connectivity index (χ0v) is 25.7.